The zero-order valence-electron chi connectivity index (χ0n) is 16.3. The molecule has 2 N–H and O–H groups in total. The van der Waals surface area contributed by atoms with Crippen LogP contribution in [0.3, 0.4) is 0 Å². The summed E-state index contributed by atoms with van der Waals surface area (Å²) in [6.07, 6.45) is 3.44. The van der Waals surface area contributed by atoms with Crippen LogP contribution in [-0.4, -0.2) is 37.6 Å². The van der Waals surface area contributed by atoms with Gasteiger partial charge in [0.1, 0.15) is 22.5 Å². The summed E-state index contributed by atoms with van der Waals surface area (Å²) in [5, 5.41) is 11.6. The standard InChI is InChI=1S/C20H19FN4O4S/c1-12-17(19(26)23-14-5-6-15(21)13(8-14)9-22)25-7-3-4-16(25)18(12)30(27,28)24-20(2)10-29-11-20/h3-6,8,24H,7,10-11H2,1-2H3,(H,23,26). The molecule has 1 aromatic heterocycles. The first-order valence-corrected chi connectivity index (χ1v) is 10.7. The van der Waals surface area contributed by atoms with E-state index >= 15 is 0 Å². The zero-order valence-corrected chi connectivity index (χ0v) is 17.1. The van der Waals surface area contributed by atoms with Gasteiger partial charge in [-0.1, -0.05) is 6.08 Å². The van der Waals surface area contributed by atoms with Crippen LogP contribution in [0.5, 0.6) is 0 Å². The van der Waals surface area contributed by atoms with Crippen molar-refractivity contribution in [1.29, 1.82) is 5.26 Å². The van der Waals surface area contributed by atoms with Crippen molar-refractivity contribution in [2.75, 3.05) is 18.5 Å². The highest BCUT2D eigenvalue weighted by molar-refractivity contribution is 7.89. The number of fused-ring (bicyclic) bond motifs is 1. The second kappa shape index (κ2) is 7.05. The third-order valence-corrected chi connectivity index (χ3v) is 6.92. The van der Waals surface area contributed by atoms with Crippen LogP contribution in [0, 0.1) is 24.1 Å². The van der Waals surface area contributed by atoms with Crippen LogP contribution in [0.25, 0.3) is 6.08 Å². The lowest BCUT2D eigenvalue weighted by molar-refractivity contribution is -0.0523. The quantitative estimate of drug-likeness (QED) is 0.755. The van der Waals surface area contributed by atoms with E-state index in [-0.39, 0.29) is 35.1 Å². The van der Waals surface area contributed by atoms with Crippen LogP contribution < -0.4 is 10.0 Å². The molecular weight excluding hydrogens is 411 g/mol. The van der Waals surface area contributed by atoms with Gasteiger partial charge >= 0.3 is 0 Å². The summed E-state index contributed by atoms with van der Waals surface area (Å²) in [5.74, 6) is -1.24. The Bertz CT molecular complexity index is 1240. The Morgan fingerprint density at radius 3 is 2.73 bits per heavy atom. The number of carbonyl (C=O) groups excluding carboxylic acids is 1. The molecule has 1 amide bonds. The molecule has 2 aliphatic heterocycles. The molecule has 0 aliphatic carbocycles. The monoisotopic (exact) mass is 430 g/mol. The molecule has 10 heteroatoms. The van der Waals surface area contributed by atoms with Crippen molar-refractivity contribution in [3.63, 3.8) is 0 Å². The average Bonchev–Trinajstić information content (AvgIpc) is 3.20. The normalized spacial score (nSPS) is 16.6. The number of halogens is 1. The molecule has 1 aromatic carbocycles. The molecule has 3 heterocycles. The topological polar surface area (TPSA) is 113 Å². The highest BCUT2D eigenvalue weighted by Gasteiger charge is 2.40. The Morgan fingerprint density at radius 1 is 1.37 bits per heavy atom. The van der Waals surface area contributed by atoms with Gasteiger partial charge in [0.15, 0.2) is 0 Å². The van der Waals surface area contributed by atoms with Crippen molar-refractivity contribution in [1.82, 2.24) is 9.29 Å². The number of amides is 1. The number of hydrogen-bond acceptors (Lipinski definition) is 5. The van der Waals surface area contributed by atoms with Crippen LogP contribution >= 0.6 is 0 Å². The fourth-order valence-electron chi connectivity index (χ4n) is 3.72. The van der Waals surface area contributed by atoms with Gasteiger partial charge in [0.25, 0.3) is 5.91 Å². The van der Waals surface area contributed by atoms with Crippen molar-refractivity contribution in [2.45, 2.75) is 30.8 Å². The number of rotatable bonds is 5. The van der Waals surface area contributed by atoms with Crippen molar-refractivity contribution in [3.05, 3.63) is 52.6 Å². The van der Waals surface area contributed by atoms with Crippen molar-refractivity contribution < 1.29 is 22.3 Å². The van der Waals surface area contributed by atoms with Crippen molar-refractivity contribution in [2.24, 2.45) is 0 Å². The molecule has 2 aromatic rings. The fourth-order valence-corrected chi connectivity index (χ4v) is 5.55. The Balaban J connectivity index is 1.71. The lowest BCUT2D eigenvalue weighted by atomic mass is 10.0. The zero-order chi connectivity index (χ0) is 21.7. The van der Waals surface area contributed by atoms with Crippen LogP contribution in [0.15, 0.2) is 29.2 Å². The number of aromatic nitrogens is 1. The highest BCUT2D eigenvalue weighted by Crippen LogP contribution is 2.33. The summed E-state index contributed by atoms with van der Waals surface area (Å²) in [6, 6.07) is 5.38. The summed E-state index contributed by atoms with van der Waals surface area (Å²) in [4.78, 5) is 13.0. The van der Waals surface area contributed by atoms with E-state index in [2.05, 4.69) is 10.0 Å². The van der Waals surface area contributed by atoms with E-state index in [4.69, 9.17) is 10.00 Å². The number of anilines is 1. The molecule has 4 rings (SSSR count). The van der Waals surface area contributed by atoms with Crippen LogP contribution in [0.4, 0.5) is 10.1 Å². The molecular formula is C20H19FN4O4S. The first-order valence-electron chi connectivity index (χ1n) is 9.17. The molecule has 2 aliphatic rings. The minimum atomic E-state index is -3.91. The lowest BCUT2D eigenvalue weighted by Crippen LogP contribution is -2.59. The average molecular weight is 430 g/mol. The minimum absolute atomic E-state index is 0.0475. The largest absolute Gasteiger partial charge is 0.377 e. The molecule has 0 saturated carbocycles. The van der Waals surface area contributed by atoms with Gasteiger partial charge in [-0.25, -0.2) is 17.5 Å². The summed E-state index contributed by atoms with van der Waals surface area (Å²) < 4.78 is 49.2. The van der Waals surface area contributed by atoms with Crippen LogP contribution in [0.2, 0.25) is 0 Å². The summed E-state index contributed by atoms with van der Waals surface area (Å²) in [6.45, 7) is 4.23. The highest BCUT2D eigenvalue weighted by atomic mass is 32.2. The lowest BCUT2D eigenvalue weighted by Gasteiger charge is -2.38. The Hall–Kier alpha value is -3.00. The van der Waals surface area contributed by atoms with E-state index in [0.29, 0.717) is 17.8 Å². The number of nitrogens with one attached hydrogen (secondary N) is 2. The maximum atomic E-state index is 13.5. The molecule has 0 unspecified atom stereocenters. The number of nitriles is 1. The molecule has 0 bridgehead atoms. The van der Waals surface area contributed by atoms with Gasteiger partial charge in [0.2, 0.25) is 10.0 Å². The number of sulfonamides is 1. The van der Waals surface area contributed by atoms with E-state index in [1.807, 2.05) is 0 Å². The van der Waals surface area contributed by atoms with Gasteiger partial charge < -0.3 is 14.6 Å². The second-order valence-electron chi connectivity index (χ2n) is 7.62. The van der Waals surface area contributed by atoms with E-state index in [1.54, 1.807) is 36.6 Å². The smallest absolute Gasteiger partial charge is 0.272 e. The van der Waals surface area contributed by atoms with Gasteiger partial charge in [0.05, 0.1) is 30.0 Å². The SMILES string of the molecule is Cc1c(S(=O)(=O)NC2(C)COC2)c2n(c1C(=O)Nc1ccc(F)c(C#N)c1)CC=C2. The second-order valence-corrected chi connectivity index (χ2v) is 9.24. The van der Waals surface area contributed by atoms with E-state index in [9.17, 15) is 17.6 Å². The Kier molecular flexibility index (Phi) is 4.77. The number of allylic oxidation sites excluding steroid dienone is 1. The summed E-state index contributed by atoms with van der Waals surface area (Å²) in [7, 11) is -3.91. The Morgan fingerprint density at radius 2 is 2.10 bits per heavy atom. The number of benzene rings is 1. The predicted octanol–water partition coefficient (Wildman–Crippen LogP) is 2.15. The van der Waals surface area contributed by atoms with Crippen LogP contribution in [-0.2, 0) is 21.3 Å². The van der Waals surface area contributed by atoms with Gasteiger partial charge in [-0.2, -0.15) is 5.26 Å². The number of hydrogen-bond donors (Lipinski definition) is 2. The van der Waals surface area contributed by atoms with E-state index in [0.717, 1.165) is 6.07 Å². The van der Waals surface area contributed by atoms with Crippen LogP contribution in [0.1, 0.15) is 34.2 Å². The van der Waals surface area contributed by atoms with Gasteiger partial charge in [-0.15, -0.1) is 0 Å². The number of nitrogens with zero attached hydrogens (tertiary/aromatic N) is 2. The third-order valence-electron chi connectivity index (χ3n) is 5.10. The Labute approximate surface area is 173 Å². The first kappa shape index (κ1) is 20.3. The summed E-state index contributed by atoms with van der Waals surface area (Å²) in [5.41, 5.74) is 0.271. The molecule has 1 saturated heterocycles. The van der Waals surface area contributed by atoms with Gasteiger partial charge in [0, 0.05) is 17.8 Å². The molecule has 0 spiro atoms. The predicted molar refractivity (Wildman–Crippen MR) is 107 cm³/mol. The van der Waals surface area contributed by atoms with Gasteiger partial charge in [-0.05, 0) is 38.1 Å². The van der Waals surface area contributed by atoms with E-state index < -0.39 is 27.3 Å². The molecule has 156 valence electrons. The number of ether oxygens (including phenoxy) is 1. The summed E-state index contributed by atoms with van der Waals surface area (Å²) >= 11 is 0. The minimum Gasteiger partial charge on any atom is -0.377 e. The van der Waals surface area contributed by atoms with Gasteiger partial charge in [-0.3, -0.25) is 4.79 Å². The van der Waals surface area contributed by atoms with Crippen molar-refractivity contribution in [3.8, 4) is 6.07 Å². The third kappa shape index (κ3) is 3.31. The van der Waals surface area contributed by atoms with Crippen molar-refractivity contribution >= 4 is 27.7 Å². The first-order chi connectivity index (χ1) is 14.1. The van der Waals surface area contributed by atoms with E-state index in [1.165, 1.54) is 12.1 Å². The molecule has 0 atom stereocenters. The maximum Gasteiger partial charge on any atom is 0.272 e. The maximum absolute atomic E-state index is 13.5. The molecule has 0 radical (unpaired) electrons. The fraction of sp³-hybridized carbons (Fsp3) is 0.300. The molecule has 8 nitrogen and oxygen atoms in total. The molecule has 1 fully saturated rings. The number of carbonyl (C=O) groups is 1. The molecule has 30 heavy (non-hydrogen) atoms.